The van der Waals surface area contributed by atoms with Crippen LogP contribution in [0.15, 0.2) is 0 Å². The fourth-order valence-corrected chi connectivity index (χ4v) is 4.30. The van der Waals surface area contributed by atoms with E-state index in [2.05, 4.69) is 18.7 Å². The van der Waals surface area contributed by atoms with Gasteiger partial charge in [0.2, 0.25) is 0 Å². The van der Waals surface area contributed by atoms with Gasteiger partial charge in [0.25, 0.3) is 0 Å². The highest BCUT2D eigenvalue weighted by molar-refractivity contribution is 5.02. The molecule has 0 amide bonds. The minimum atomic E-state index is 0.313. The lowest BCUT2D eigenvalue weighted by molar-refractivity contribution is -0.104. The van der Waals surface area contributed by atoms with Crippen molar-refractivity contribution in [2.75, 3.05) is 13.2 Å². The van der Waals surface area contributed by atoms with E-state index >= 15 is 0 Å². The van der Waals surface area contributed by atoms with Crippen LogP contribution in [-0.4, -0.2) is 42.3 Å². The molecule has 0 aromatic rings. The Balaban J connectivity index is 1.75. The molecular formula is C15H28N2O. The fourth-order valence-electron chi connectivity index (χ4n) is 4.30. The molecule has 0 aromatic carbocycles. The third-order valence-electron chi connectivity index (χ3n) is 5.60. The molecular weight excluding hydrogens is 224 g/mol. The average molecular weight is 252 g/mol. The van der Waals surface area contributed by atoms with E-state index in [1.165, 1.54) is 38.5 Å². The molecule has 18 heavy (non-hydrogen) atoms. The van der Waals surface area contributed by atoms with Crippen LogP contribution in [0.2, 0.25) is 0 Å². The Hall–Kier alpha value is -0.120. The predicted molar refractivity (Wildman–Crippen MR) is 73.5 cm³/mol. The molecule has 3 fully saturated rings. The van der Waals surface area contributed by atoms with Crippen LogP contribution >= 0.6 is 0 Å². The SMILES string of the molecule is CC1(C)CCC(N2CCOC3CCCCC32)C1N. The zero-order valence-corrected chi connectivity index (χ0v) is 11.9. The van der Waals surface area contributed by atoms with Gasteiger partial charge in [-0.1, -0.05) is 26.7 Å². The van der Waals surface area contributed by atoms with Gasteiger partial charge in [0, 0.05) is 24.7 Å². The smallest absolute Gasteiger partial charge is 0.0731 e. The Morgan fingerprint density at radius 1 is 1.11 bits per heavy atom. The minimum absolute atomic E-state index is 0.313. The van der Waals surface area contributed by atoms with Crippen molar-refractivity contribution in [3.05, 3.63) is 0 Å². The molecule has 2 aliphatic carbocycles. The first kappa shape index (κ1) is 12.9. The van der Waals surface area contributed by atoms with Crippen molar-refractivity contribution in [2.24, 2.45) is 11.1 Å². The summed E-state index contributed by atoms with van der Waals surface area (Å²) in [5.41, 5.74) is 6.84. The van der Waals surface area contributed by atoms with E-state index < -0.39 is 0 Å². The number of nitrogens with zero attached hydrogens (tertiary/aromatic N) is 1. The van der Waals surface area contributed by atoms with Crippen LogP contribution in [-0.2, 0) is 4.74 Å². The number of hydrogen-bond acceptors (Lipinski definition) is 3. The van der Waals surface area contributed by atoms with E-state index in [0.29, 0.717) is 29.6 Å². The Labute approximate surface area is 111 Å². The van der Waals surface area contributed by atoms with E-state index in [4.69, 9.17) is 10.5 Å². The largest absolute Gasteiger partial charge is 0.375 e. The molecule has 3 nitrogen and oxygen atoms in total. The maximum atomic E-state index is 6.53. The zero-order chi connectivity index (χ0) is 12.8. The van der Waals surface area contributed by atoms with Crippen LogP contribution in [0.4, 0.5) is 0 Å². The molecule has 3 heteroatoms. The topological polar surface area (TPSA) is 38.5 Å². The molecule has 0 bridgehead atoms. The highest BCUT2D eigenvalue weighted by Gasteiger charge is 2.46. The molecule has 1 aliphatic heterocycles. The summed E-state index contributed by atoms with van der Waals surface area (Å²) in [5.74, 6) is 0. The van der Waals surface area contributed by atoms with Crippen molar-refractivity contribution < 1.29 is 4.74 Å². The second-order valence-corrected chi connectivity index (χ2v) is 7.12. The zero-order valence-electron chi connectivity index (χ0n) is 11.9. The minimum Gasteiger partial charge on any atom is -0.375 e. The van der Waals surface area contributed by atoms with Gasteiger partial charge in [0.05, 0.1) is 12.7 Å². The van der Waals surface area contributed by atoms with Crippen LogP contribution in [0, 0.1) is 5.41 Å². The molecule has 0 radical (unpaired) electrons. The van der Waals surface area contributed by atoms with E-state index in [1.807, 2.05) is 0 Å². The first-order valence-electron chi connectivity index (χ1n) is 7.72. The predicted octanol–water partition coefficient (Wildman–Crippen LogP) is 2.15. The number of nitrogens with two attached hydrogens (primary N) is 1. The molecule has 0 spiro atoms. The molecule has 4 unspecified atom stereocenters. The lowest BCUT2D eigenvalue weighted by Crippen LogP contribution is -2.60. The van der Waals surface area contributed by atoms with Crippen molar-refractivity contribution in [1.29, 1.82) is 0 Å². The van der Waals surface area contributed by atoms with Crippen LogP contribution in [0.1, 0.15) is 52.4 Å². The van der Waals surface area contributed by atoms with Crippen LogP contribution in [0.3, 0.4) is 0 Å². The number of ether oxygens (including phenoxy) is 1. The Morgan fingerprint density at radius 2 is 1.89 bits per heavy atom. The van der Waals surface area contributed by atoms with Gasteiger partial charge >= 0.3 is 0 Å². The Bertz CT molecular complexity index is 303. The molecule has 3 aliphatic rings. The third-order valence-corrected chi connectivity index (χ3v) is 5.60. The summed E-state index contributed by atoms with van der Waals surface area (Å²) < 4.78 is 5.98. The highest BCUT2D eigenvalue weighted by atomic mass is 16.5. The fraction of sp³-hybridized carbons (Fsp3) is 1.00. The van der Waals surface area contributed by atoms with E-state index in [-0.39, 0.29) is 0 Å². The molecule has 1 heterocycles. The lowest BCUT2D eigenvalue weighted by Gasteiger charge is -2.48. The standard InChI is InChI=1S/C15H28N2O/c1-15(2)8-7-12(14(15)16)17-9-10-18-13-6-4-3-5-11(13)17/h11-14H,3-10,16H2,1-2H3. The number of fused-ring (bicyclic) bond motifs is 1. The highest BCUT2D eigenvalue weighted by Crippen LogP contribution is 2.41. The average Bonchev–Trinajstić information content (AvgIpc) is 2.64. The Kier molecular flexibility index (Phi) is 3.41. The lowest BCUT2D eigenvalue weighted by atomic mass is 9.85. The number of morpholine rings is 1. The third kappa shape index (κ3) is 2.10. The van der Waals surface area contributed by atoms with Crippen molar-refractivity contribution in [2.45, 2.75) is 76.6 Å². The van der Waals surface area contributed by atoms with Gasteiger partial charge < -0.3 is 10.5 Å². The van der Waals surface area contributed by atoms with Crippen LogP contribution in [0.25, 0.3) is 0 Å². The van der Waals surface area contributed by atoms with Gasteiger partial charge in [-0.3, -0.25) is 4.90 Å². The normalized spacial score (nSPS) is 44.8. The van der Waals surface area contributed by atoms with Crippen molar-refractivity contribution >= 4 is 0 Å². The summed E-state index contributed by atoms with van der Waals surface area (Å²) in [7, 11) is 0. The number of rotatable bonds is 1. The van der Waals surface area contributed by atoms with Gasteiger partial charge in [-0.2, -0.15) is 0 Å². The van der Waals surface area contributed by atoms with Crippen LogP contribution in [0.5, 0.6) is 0 Å². The summed E-state index contributed by atoms with van der Waals surface area (Å²) in [6.07, 6.45) is 8.32. The van der Waals surface area contributed by atoms with Crippen molar-refractivity contribution in [3.63, 3.8) is 0 Å². The van der Waals surface area contributed by atoms with E-state index in [9.17, 15) is 0 Å². The van der Waals surface area contributed by atoms with Gasteiger partial charge in [-0.05, 0) is 31.1 Å². The molecule has 4 atom stereocenters. The molecule has 104 valence electrons. The van der Waals surface area contributed by atoms with Gasteiger partial charge in [-0.25, -0.2) is 0 Å². The summed E-state index contributed by atoms with van der Waals surface area (Å²) in [6, 6.07) is 1.57. The quantitative estimate of drug-likeness (QED) is 0.777. The van der Waals surface area contributed by atoms with Crippen molar-refractivity contribution in [3.8, 4) is 0 Å². The molecule has 2 saturated carbocycles. The van der Waals surface area contributed by atoms with Gasteiger partial charge in [-0.15, -0.1) is 0 Å². The molecule has 0 aromatic heterocycles. The molecule has 2 N–H and O–H groups in total. The van der Waals surface area contributed by atoms with Crippen LogP contribution < -0.4 is 5.73 Å². The van der Waals surface area contributed by atoms with E-state index in [0.717, 1.165) is 13.2 Å². The second kappa shape index (κ2) is 4.77. The first-order valence-corrected chi connectivity index (χ1v) is 7.72. The monoisotopic (exact) mass is 252 g/mol. The number of hydrogen-bond donors (Lipinski definition) is 1. The Morgan fingerprint density at radius 3 is 2.61 bits per heavy atom. The summed E-state index contributed by atoms with van der Waals surface area (Å²) in [4.78, 5) is 2.72. The first-order chi connectivity index (χ1) is 8.59. The van der Waals surface area contributed by atoms with Crippen molar-refractivity contribution in [1.82, 2.24) is 4.90 Å². The van der Waals surface area contributed by atoms with E-state index in [1.54, 1.807) is 0 Å². The second-order valence-electron chi connectivity index (χ2n) is 7.12. The maximum absolute atomic E-state index is 6.53. The van der Waals surface area contributed by atoms with Gasteiger partial charge in [0.1, 0.15) is 0 Å². The summed E-state index contributed by atoms with van der Waals surface area (Å²) in [5, 5.41) is 0. The van der Waals surface area contributed by atoms with Gasteiger partial charge in [0.15, 0.2) is 0 Å². The molecule has 3 rings (SSSR count). The summed E-state index contributed by atoms with van der Waals surface area (Å²) in [6.45, 7) is 6.66. The summed E-state index contributed by atoms with van der Waals surface area (Å²) >= 11 is 0. The molecule has 1 saturated heterocycles. The maximum Gasteiger partial charge on any atom is 0.0731 e.